The molecular formula is C13H10N4OSe. The van der Waals surface area contributed by atoms with E-state index in [2.05, 4.69) is 18.3 Å². The van der Waals surface area contributed by atoms with Crippen LogP contribution in [0.25, 0.3) is 11.0 Å². The summed E-state index contributed by atoms with van der Waals surface area (Å²) in [5.74, 6) is -0.122. The van der Waals surface area contributed by atoms with E-state index in [0.717, 1.165) is 16.7 Å². The molecule has 2 aromatic heterocycles. The quantitative estimate of drug-likeness (QED) is 0.732. The molecule has 3 rings (SSSR count). The number of hydrogen-bond acceptors (Lipinski definition) is 4. The number of aromatic nitrogens is 3. The molecule has 3 aromatic rings. The minimum absolute atomic E-state index is 0.0641. The van der Waals surface area contributed by atoms with Crippen molar-refractivity contribution in [2.45, 2.75) is 6.54 Å². The van der Waals surface area contributed by atoms with E-state index in [-0.39, 0.29) is 20.9 Å². The summed E-state index contributed by atoms with van der Waals surface area (Å²) in [4.78, 5) is 16.2. The first-order valence-electron chi connectivity index (χ1n) is 5.73. The average molecular weight is 317 g/mol. The monoisotopic (exact) mass is 318 g/mol. The van der Waals surface area contributed by atoms with Crippen LogP contribution in [0.4, 0.5) is 0 Å². The number of rotatable bonds is 3. The van der Waals surface area contributed by atoms with Crippen LogP contribution in [-0.2, 0) is 6.54 Å². The van der Waals surface area contributed by atoms with Gasteiger partial charge in [0.1, 0.15) is 0 Å². The van der Waals surface area contributed by atoms with Gasteiger partial charge in [0.2, 0.25) is 0 Å². The van der Waals surface area contributed by atoms with Crippen molar-refractivity contribution in [2.75, 3.05) is 0 Å². The normalized spacial score (nSPS) is 10.5. The van der Waals surface area contributed by atoms with Crippen molar-refractivity contribution in [2.24, 2.45) is 0 Å². The van der Waals surface area contributed by atoms with Crippen LogP contribution in [0.2, 0.25) is 0 Å². The van der Waals surface area contributed by atoms with Gasteiger partial charge in [-0.1, -0.05) is 0 Å². The van der Waals surface area contributed by atoms with E-state index < -0.39 is 0 Å². The summed E-state index contributed by atoms with van der Waals surface area (Å²) in [5.41, 5.74) is 3.12. The van der Waals surface area contributed by atoms with Crippen molar-refractivity contribution in [1.29, 1.82) is 0 Å². The van der Waals surface area contributed by atoms with Crippen LogP contribution >= 0.6 is 0 Å². The predicted octanol–water partition coefficient (Wildman–Crippen LogP) is 1.01. The number of nitrogens with one attached hydrogen (secondary N) is 1. The molecule has 0 saturated heterocycles. The van der Waals surface area contributed by atoms with Crippen LogP contribution < -0.4 is 5.32 Å². The van der Waals surface area contributed by atoms with Gasteiger partial charge in [0.15, 0.2) is 0 Å². The van der Waals surface area contributed by atoms with E-state index in [9.17, 15) is 4.79 Å². The number of benzene rings is 1. The molecule has 0 aliphatic rings. The van der Waals surface area contributed by atoms with Crippen LogP contribution in [0, 0.1) is 0 Å². The first-order chi connectivity index (χ1) is 9.33. The molecular weight excluding hydrogens is 307 g/mol. The summed E-state index contributed by atoms with van der Waals surface area (Å²) >= 11 is -0.0641. The fourth-order valence-electron chi connectivity index (χ4n) is 1.70. The molecule has 5 nitrogen and oxygen atoms in total. The second-order valence-electron chi connectivity index (χ2n) is 3.97. The fraction of sp³-hybridized carbons (Fsp3) is 0.0769. The predicted molar refractivity (Wildman–Crippen MR) is 71.9 cm³/mol. The Morgan fingerprint density at radius 3 is 2.89 bits per heavy atom. The van der Waals surface area contributed by atoms with E-state index in [1.54, 1.807) is 18.3 Å². The van der Waals surface area contributed by atoms with Gasteiger partial charge in [0.25, 0.3) is 0 Å². The third-order valence-electron chi connectivity index (χ3n) is 2.67. The number of hydrogen-bond donors (Lipinski definition) is 1. The summed E-state index contributed by atoms with van der Waals surface area (Å²) in [6.45, 7) is 0.419. The summed E-state index contributed by atoms with van der Waals surface area (Å²) in [6.07, 6.45) is 1.71. The molecule has 0 radical (unpaired) electrons. The first kappa shape index (κ1) is 12.0. The zero-order chi connectivity index (χ0) is 13.1. The molecule has 0 saturated carbocycles. The number of fused-ring (bicyclic) bond motifs is 1. The molecule has 0 unspecified atom stereocenters. The summed E-state index contributed by atoms with van der Waals surface area (Å²) in [5, 5.41) is 2.84. The number of carbonyl (C=O) groups excluding carboxylic acids is 1. The molecule has 0 fully saturated rings. The first-order valence-corrected chi connectivity index (χ1v) is 7.26. The molecule has 94 valence electrons. The van der Waals surface area contributed by atoms with E-state index in [4.69, 9.17) is 0 Å². The van der Waals surface area contributed by atoms with Crippen LogP contribution in [0.5, 0.6) is 0 Å². The van der Waals surface area contributed by atoms with Gasteiger partial charge in [-0.05, 0) is 0 Å². The Kier molecular flexibility index (Phi) is 3.35. The van der Waals surface area contributed by atoms with Gasteiger partial charge in [-0.15, -0.1) is 0 Å². The molecule has 1 amide bonds. The van der Waals surface area contributed by atoms with Crippen molar-refractivity contribution in [3.05, 3.63) is 53.9 Å². The standard InChI is InChI=1S/C13H10N4OSe/c18-13(15-8-10-3-1-2-6-14-10)9-4-5-11-12(7-9)17-19-16-11/h1-7H,8H2,(H,15,18). The van der Waals surface area contributed by atoms with Crippen LogP contribution in [0.3, 0.4) is 0 Å². The van der Waals surface area contributed by atoms with Gasteiger partial charge in [0.05, 0.1) is 0 Å². The Labute approximate surface area is 115 Å². The molecule has 0 atom stereocenters. The zero-order valence-corrected chi connectivity index (χ0v) is 11.6. The van der Waals surface area contributed by atoms with Crippen LogP contribution in [0.15, 0.2) is 42.6 Å². The molecule has 0 aliphatic heterocycles. The van der Waals surface area contributed by atoms with E-state index in [1.807, 2.05) is 24.3 Å². The number of nitrogens with zero attached hydrogens (tertiary/aromatic N) is 3. The molecule has 1 aromatic carbocycles. The van der Waals surface area contributed by atoms with Gasteiger partial charge in [-0.25, -0.2) is 0 Å². The number of pyridine rings is 1. The third-order valence-corrected chi connectivity index (χ3v) is 3.84. The topological polar surface area (TPSA) is 67.8 Å². The Morgan fingerprint density at radius 2 is 2.05 bits per heavy atom. The molecule has 0 spiro atoms. The Balaban J connectivity index is 1.73. The van der Waals surface area contributed by atoms with Crippen molar-refractivity contribution >= 4 is 31.9 Å². The maximum atomic E-state index is 12.0. The fourth-order valence-corrected chi connectivity index (χ4v) is 2.78. The Morgan fingerprint density at radius 1 is 1.16 bits per heavy atom. The van der Waals surface area contributed by atoms with Crippen molar-refractivity contribution < 1.29 is 4.79 Å². The third kappa shape index (κ3) is 2.70. The van der Waals surface area contributed by atoms with Gasteiger partial charge >= 0.3 is 115 Å². The van der Waals surface area contributed by atoms with E-state index >= 15 is 0 Å². The van der Waals surface area contributed by atoms with Gasteiger partial charge in [-0.2, -0.15) is 0 Å². The average Bonchev–Trinajstić information content (AvgIpc) is 2.93. The zero-order valence-electron chi connectivity index (χ0n) is 9.91. The van der Waals surface area contributed by atoms with Gasteiger partial charge in [-0.3, -0.25) is 0 Å². The van der Waals surface area contributed by atoms with Gasteiger partial charge in [0, 0.05) is 0 Å². The molecule has 0 bridgehead atoms. The minimum atomic E-state index is -0.122. The SMILES string of the molecule is O=C(NCc1ccccn1)c1ccc2n[se]nc2c1. The molecule has 2 heterocycles. The van der Waals surface area contributed by atoms with Crippen molar-refractivity contribution in [1.82, 2.24) is 18.3 Å². The summed E-state index contributed by atoms with van der Waals surface area (Å²) in [7, 11) is 0. The number of amides is 1. The Hall–Kier alpha value is -2.04. The second-order valence-corrected chi connectivity index (χ2v) is 5.08. The molecule has 0 aliphatic carbocycles. The molecule has 1 N–H and O–H groups in total. The van der Waals surface area contributed by atoms with Crippen molar-refractivity contribution in [3.8, 4) is 0 Å². The van der Waals surface area contributed by atoms with Gasteiger partial charge < -0.3 is 0 Å². The second kappa shape index (κ2) is 5.30. The van der Waals surface area contributed by atoms with Crippen LogP contribution in [0.1, 0.15) is 16.1 Å². The molecule has 19 heavy (non-hydrogen) atoms. The van der Waals surface area contributed by atoms with E-state index in [0.29, 0.717) is 12.1 Å². The maximum absolute atomic E-state index is 12.0. The number of carbonyl (C=O) groups is 1. The van der Waals surface area contributed by atoms with Crippen LogP contribution in [-0.4, -0.2) is 33.8 Å². The van der Waals surface area contributed by atoms with E-state index in [1.165, 1.54) is 0 Å². The van der Waals surface area contributed by atoms with Crippen molar-refractivity contribution in [3.63, 3.8) is 0 Å². The Bertz CT molecular complexity index is 711. The molecule has 6 heteroatoms. The summed E-state index contributed by atoms with van der Waals surface area (Å²) in [6, 6.07) is 11.0. The summed E-state index contributed by atoms with van der Waals surface area (Å²) < 4.78 is 8.51.